The van der Waals surface area contributed by atoms with E-state index >= 15 is 0 Å². The van der Waals surface area contributed by atoms with E-state index in [-0.39, 0.29) is 12.0 Å². The SMILES string of the molecule is Cn1nnc(-c2ccc(O[C@H]3CCC[C@H](C(=O)O)C3)cn2)c1CNc1nccc(-c2ccncc2)n1. The van der Waals surface area contributed by atoms with E-state index in [0.717, 1.165) is 29.8 Å². The van der Waals surface area contributed by atoms with Gasteiger partial charge in [-0.3, -0.25) is 14.8 Å². The number of pyridine rings is 2. The van der Waals surface area contributed by atoms with Crippen LogP contribution in [0.1, 0.15) is 31.4 Å². The van der Waals surface area contributed by atoms with Gasteiger partial charge in [0, 0.05) is 31.2 Å². The molecule has 2 atom stereocenters. The Kier molecular flexibility index (Phi) is 6.78. The van der Waals surface area contributed by atoms with Crippen LogP contribution in [0.15, 0.2) is 55.1 Å². The Labute approximate surface area is 207 Å². The van der Waals surface area contributed by atoms with Gasteiger partial charge in [0.15, 0.2) is 0 Å². The first-order chi connectivity index (χ1) is 17.6. The number of hydrogen-bond donors (Lipinski definition) is 2. The molecule has 4 aromatic rings. The van der Waals surface area contributed by atoms with E-state index in [4.69, 9.17) is 4.74 Å². The Morgan fingerprint density at radius 1 is 1.11 bits per heavy atom. The van der Waals surface area contributed by atoms with E-state index in [1.54, 1.807) is 29.5 Å². The highest BCUT2D eigenvalue weighted by atomic mass is 16.5. The first kappa shape index (κ1) is 23.3. The lowest BCUT2D eigenvalue weighted by Gasteiger charge is -2.27. The number of rotatable bonds is 8. The third-order valence-corrected chi connectivity index (χ3v) is 6.25. The van der Waals surface area contributed by atoms with Gasteiger partial charge in [0.05, 0.1) is 41.8 Å². The number of anilines is 1. The highest BCUT2D eigenvalue weighted by Crippen LogP contribution is 2.29. The van der Waals surface area contributed by atoms with E-state index in [1.165, 1.54) is 0 Å². The maximum absolute atomic E-state index is 11.3. The second kappa shape index (κ2) is 10.5. The third-order valence-electron chi connectivity index (χ3n) is 6.25. The molecule has 0 radical (unpaired) electrons. The summed E-state index contributed by atoms with van der Waals surface area (Å²) in [4.78, 5) is 28.8. The molecule has 0 aliphatic heterocycles. The van der Waals surface area contributed by atoms with E-state index < -0.39 is 5.97 Å². The lowest BCUT2D eigenvalue weighted by molar-refractivity contribution is -0.143. The molecule has 0 amide bonds. The topological polar surface area (TPSA) is 141 Å². The number of aliphatic carboxylic acids is 1. The molecule has 11 heteroatoms. The van der Waals surface area contributed by atoms with Gasteiger partial charge in [0.2, 0.25) is 5.95 Å². The largest absolute Gasteiger partial charge is 0.489 e. The summed E-state index contributed by atoms with van der Waals surface area (Å²) in [6, 6.07) is 9.31. The Hall–Kier alpha value is -4.41. The van der Waals surface area contributed by atoms with Crippen LogP contribution in [0.4, 0.5) is 5.95 Å². The summed E-state index contributed by atoms with van der Waals surface area (Å²) in [6.45, 7) is 0.400. The quantitative estimate of drug-likeness (QED) is 0.381. The minimum Gasteiger partial charge on any atom is -0.489 e. The molecule has 11 nitrogen and oxygen atoms in total. The van der Waals surface area contributed by atoms with Gasteiger partial charge in [-0.15, -0.1) is 5.10 Å². The second-order valence-corrected chi connectivity index (χ2v) is 8.68. The number of hydrogen-bond acceptors (Lipinski definition) is 9. The lowest BCUT2D eigenvalue weighted by atomic mass is 9.87. The highest BCUT2D eigenvalue weighted by Gasteiger charge is 2.28. The normalized spacial score (nSPS) is 17.5. The molecule has 36 heavy (non-hydrogen) atoms. The first-order valence-electron chi connectivity index (χ1n) is 11.8. The highest BCUT2D eigenvalue weighted by molar-refractivity contribution is 5.70. The summed E-state index contributed by atoms with van der Waals surface area (Å²) in [5.41, 5.74) is 3.88. The van der Waals surface area contributed by atoms with Gasteiger partial charge < -0.3 is 15.2 Å². The van der Waals surface area contributed by atoms with Crippen LogP contribution in [-0.2, 0) is 18.4 Å². The van der Waals surface area contributed by atoms with Gasteiger partial charge in [-0.2, -0.15) is 0 Å². The maximum atomic E-state index is 11.3. The van der Waals surface area contributed by atoms with Gasteiger partial charge >= 0.3 is 5.97 Å². The molecule has 0 saturated heterocycles. The molecule has 2 N–H and O–H groups in total. The fourth-order valence-corrected chi connectivity index (χ4v) is 4.32. The molecule has 0 bridgehead atoms. The van der Waals surface area contributed by atoms with Crippen molar-refractivity contribution in [3.63, 3.8) is 0 Å². The number of aryl methyl sites for hydroxylation is 1. The van der Waals surface area contributed by atoms with Crippen LogP contribution in [0, 0.1) is 5.92 Å². The number of nitrogens with zero attached hydrogens (tertiary/aromatic N) is 7. The van der Waals surface area contributed by atoms with Crippen molar-refractivity contribution in [2.45, 2.75) is 38.3 Å². The molecule has 1 saturated carbocycles. The molecule has 4 aromatic heterocycles. The lowest BCUT2D eigenvalue weighted by Crippen LogP contribution is -2.29. The molecule has 0 aromatic carbocycles. The number of nitrogens with one attached hydrogen (secondary N) is 1. The van der Waals surface area contributed by atoms with Crippen LogP contribution in [0.2, 0.25) is 0 Å². The molecule has 1 aliphatic rings. The minimum atomic E-state index is -0.755. The summed E-state index contributed by atoms with van der Waals surface area (Å²) in [7, 11) is 1.82. The van der Waals surface area contributed by atoms with E-state index in [1.807, 2.05) is 37.4 Å². The molecule has 5 rings (SSSR count). The van der Waals surface area contributed by atoms with E-state index in [2.05, 4.69) is 35.6 Å². The zero-order chi connectivity index (χ0) is 24.9. The molecule has 0 spiro atoms. The standard InChI is InChI=1S/C25H26N8O3/c1-33-22(15-29-25-27-12-9-20(30-25)16-7-10-26-11-8-16)23(31-32-33)21-6-5-19(14-28-21)36-18-4-2-3-17(13-18)24(34)35/h5-12,14,17-18H,2-4,13,15H2,1H3,(H,34,35)(H,27,29,30)/t17-,18-/m0/s1. The summed E-state index contributed by atoms with van der Waals surface area (Å²) in [6.07, 6.45) is 9.59. The summed E-state index contributed by atoms with van der Waals surface area (Å²) in [5.74, 6) is -0.00457. The Balaban J connectivity index is 1.26. The molecule has 4 heterocycles. The van der Waals surface area contributed by atoms with Crippen molar-refractivity contribution >= 4 is 11.9 Å². The summed E-state index contributed by atoms with van der Waals surface area (Å²) in [5, 5.41) is 21.0. The van der Waals surface area contributed by atoms with Crippen molar-refractivity contribution < 1.29 is 14.6 Å². The van der Waals surface area contributed by atoms with Crippen molar-refractivity contribution in [2.75, 3.05) is 5.32 Å². The molecular weight excluding hydrogens is 460 g/mol. The number of carboxylic acid groups (broad SMARTS) is 1. The van der Waals surface area contributed by atoms with Crippen LogP contribution in [-0.4, -0.2) is 52.1 Å². The monoisotopic (exact) mass is 486 g/mol. The van der Waals surface area contributed by atoms with Crippen LogP contribution in [0.3, 0.4) is 0 Å². The zero-order valence-electron chi connectivity index (χ0n) is 19.8. The zero-order valence-corrected chi connectivity index (χ0v) is 19.8. The number of ether oxygens (including phenoxy) is 1. The van der Waals surface area contributed by atoms with Crippen molar-refractivity contribution in [3.05, 3.63) is 60.8 Å². The van der Waals surface area contributed by atoms with Crippen LogP contribution < -0.4 is 10.1 Å². The Morgan fingerprint density at radius 3 is 2.75 bits per heavy atom. The summed E-state index contributed by atoms with van der Waals surface area (Å²) >= 11 is 0. The van der Waals surface area contributed by atoms with E-state index in [0.29, 0.717) is 42.5 Å². The fraction of sp³-hybridized carbons (Fsp3) is 0.320. The van der Waals surface area contributed by atoms with Gasteiger partial charge in [-0.05, 0) is 56.0 Å². The Bertz CT molecular complexity index is 1330. The predicted molar refractivity (Wildman–Crippen MR) is 131 cm³/mol. The number of carboxylic acids is 1. The van der Waals surface area contributed by atoms with E-state index in [9.17, 15) is 9.90 Å². The summed E-state index contributed by atoms with van der Waals surface area (Å²) < 4.78 is 7.70. The number of aromatic nitrogens is 7. The van der Waals surface area contributed by atoms with Gasteiger partial charge in [0.25, 0.3) is 0 Å². The maximum Gasteiger partial charge on any atom is 0.306 e. The third kappa shape index (κ3) is 5.29. The minimum absolute atomic E-state index is 0.119. The second-order valence-electron chi connectivity index (χ2n) is 8.68. The fourth-order valence-electron chi connectivity index (χ4n) is 4.32. The molecule has 1 aliphatic carbocycles. The molecule has 0 unspecified atom stereocenters. The average molecular weight is 487 g/mol. The van der Waals surface area contributed by atoms with Crippen molar-refractivity contribution in [1.29, 1.82) is 0 Å². The molecule has 184 valence electrons. The van der Waals surface area contributed by atoms with Crippen LogP contribution in [0.25, 0.3) is 22.6 Å². The van der Waals surface area contributed by atoms with Crippen molar-refractivity contribution in [1.82, 2.24) is 34.9 Å². The average Bonchev–Trinajstić information content (AvgIpc) is 3.29. The van der Waals surface area contributed by atoms with Gasteiger partial charge in [-0.1, -0.05) is 5.21 Å². The van der Waals surface area contributed by atoms with Crippen LogP contribution in [0.5, 0.6) is 5.75 Å². The van der Waals surface area contributed by atoms with Crippen molar-refractivity contribution in [3.8, 4) is 28.4 Å². The molecular formula is C25H26N8O3. The Morgan fingerprint density at radius 2 is 1.97 bits per heavy atom. The smallest absolute Gasteiger partial charge is 0.306 e. The number of carbonyl (C=O) groups is 1. The van der Waals surface area contributed by atoms with Crippen molar-refractivity contribution in [2.24, 2.45) is 13.0 Å². The predicted octanol–water partition coefficient (Wildman–Crippen LogP) is 3.36. The van der Waals surface area contributed by atoms with Gasteiger partial charge in [-0.25, -0.2) is 14.6 Å². The molecule has 1 fully saturated rings. The first-order valence-corrected chi connectivity index (χ1v) is 11.8. The van der Waals surface area contributed by atoms with Gasteiger partial charge in [0.1, 0.15) is 11.4 Å². The van der Waals surface area contributed by atoms with Crippen LogP contribution >= 0.6 is 0 Å².